The van der Waals surface area contributed by atoms with Crippen molar-refractivity contribution in [1.82, 2.24) is 19.7 Å². The largest absolute Gasteiger partial charge is 0.380 e. The number of anilines is 1. The Bertz CT molecular complexity index is 1080. The molecule has 1 spiro atoms. The van der Waals surface area contributed by atoms with Crippen LogP contribution < -0.4 is 4.90 Å². The van der Waals surface area contributed by atoms with Gasteiger partial charge in [0.15, 0.2) is 0 Å². The first-order valence-electron chi connectivity index (χ1n) is 9.90. The zero-order valence-electron chi connectivity index (χ0n) is 16.9. The molecule has 6 nitrogen and oxygen atoms in total. The highest BCUT2D eigenvalue weighted by atomic mass is 19.1. The van der Waals surface area contributed by atoms with Crippen LogP contribution >= 0.6 is 0 Å². The van der Waals surface area contributed by atoms with E-state index < -0.39 is 0 Å². The van der Waals surface area contributed by atoms with Crippen molar-refractivity contribution in [3.63, 3.8) is 0 Å². The van der Waals surface area contributed by atoms with Gasteiger partial charge in [0.2, 0.25) is 0 Å². The van der Waals surface area contributed by atoms with Crippen molar-refractivity contribution in [1.29, 1.82) is 0 Å². The van der Waals surface area contributed by atoms with Gasteiger partial charge in [-0.15, -0.1) is 0 Å². The number of hydrogen-bond acceptors (Lipinski definition) is 5. The normalized spacial score (nSPS) is 17.3. The van der Waals surface area contributed by atoms with Crippen molar-refractivity contribution in [2.24, 2.45) is 5.41 Å². The van der Waals surface area contributed by atoms with E-state index in [4.69, 9.17) is 14.7 Å². The summed E-state index contributed by atoms with van der Waals surface area (Å²) < 4.78 is 21.2. The summed E-state index contributed by atoms with van der Waals surface area (Å²) in [6, 6.07) is 9.37. The first kappa shape index (κ1) is 18.2. The molecule has 0 unspecified atom stereocenters. The molecular weight excluding hydrogens is 369 g/mol. The van der Waals surface area contributed by atoms with E-state index in [1.54, 1.807) is 17.7 Å². The first-order chi connectivity index (χ1) is 13.9. The molecule has 0 N–H and O–H groups in total. The lowest BCUT2D eigenvalue weighted by Gasteiger charge is -2.55. The molecule has 0 amide bonds. The van der Waals surface area contributed by atoms with Crippen molar-refractivity contribution in [2.45, 2.75) is 27.2 Å². The van der Waals surface area contributed by atoms with E-state index in [0.717, 1.165) is 54.8 Å². The lowest BCUT2D eigenvalue weighted by molar-refractivity contribution is -0.127. The van der Waals surface area contributed by atoms with Crippen LogP contribution in [0.1, 0.15) is 28.2 Å². The molecule has 2 aromatic heterocycles. The van der Waals surface area contributed by atoms with Crippen LogP contribution in [0.5, 0.6) is 0 Å². The average molecular weight is 393 g/mol. The third-order valence-corrected chi connectivity index (χ3v) is 5.77. The molecule has 0 radical (unpaired) electrons. The van der Waals surface area contributed by atoms with Crippen molar-refractivity contribution in [3.8, 4) is 5.95 Å². The van der Waals surface area contributed by atoms with Crippen LogP contribution in [0, 0.1) is 32.0 Å². The fourth-order valence-electron chi connectivity index (χ4n) is 4.10. The van der Waals surface area contributed by atoms with Gasteiger partial charge in [0.1, 0.15) is 11.6 Å². The minimum atomic E-state index is -0.190. The quantitative estimate of drug-likeness (QED) is 0.682. The van der Waals surface area contributed by atoms with Gasteiger partial charge in [0.05, 0.1) is 30.0 Å². The predicted molar refractivity (Wildman–Crippen MR) is 108 cm³/mol. The lowest BCUT2D eigenvalue weighted by Crippen LogP contribution is -2.66. The Morgan fingerprint density at radius 2 is 1.86 bits per heavy atom. The highest BCUT2D eigenvalue weighted by Gasteiger charge is 2.49. The highest BCUT2D eigenvalue weighted by molar-refractivity contribution is 5.47. The molecule has 4 heterocycles. The molecule has 0 bridgehead atoms. The third kappa shape index (κ3) is 3.29. The summed E-state index contributed by atoms with van der Waals surface area (Å²) in [5.74, 6) is 1.26. The Morgan fingerprint density at radius 1 is 1.07 bits per heavy atom. The minimum absolute atomic E-state index is 0.190. The molecule has 150 valence electrons. The van der Waals surface area contributed by atoms with Gasteiger partial charge in [-0.2, -0.15) is 10.1 Å². The summed E-state index contributed by atoms with van der Waals surface area (Å²) in [7, 11) is 0. The zero-order chi connectivity index (χ0) is 20.2. The second kappa shape index (κ2) is 6.62. The van der Waals surface area contributed by atoms with Crippen LogP contribution in [-0.2, 0) is 11.2 Å². The second-order valence-electron chi connectivity index (χ2n) is 8.47. The van der Waals surface area contributed by atoms with E-state index in [9.17, 15) is 4.39 Å². The van der Waals surface area contributed by atoms with Gasteiger partial charge >= 0.3 is 0 Å². The van der Waals surface area contributed by atoms with Gasteiger partial charge in [-0.1, -0.05) is 12.1 Å². The Kier molecular flexibility index (Phi) is 4.17. The number of benzene rings is 1. The summed E-state index contributed by atoms with van der Waals surface area (Å²) in [4.78, 5) is 11.8. The average Bonchev–Trinajstić information content (AvgIpc) is 2.94. The van der Waals surface area contributed by atoms with Crippen molar-refractivity contribution < 1.29 is 9.13 Å². The highest BCUT2D eigenvalue weighted by Crippen LogP contribution is 2.39. The third-order valence-electron chi connectivity index (χ3n) is 5.77. The van der Waals surface area contributed by atoms with Crippen LogP contribution in [0.15, 0.2) is 30.3 Å². The standard InChI is InChI=1S/C22H24FN5O/c1-14-4-5-17(8-19(14)23)7-18-9-20(27-10-22(11-27)12-29-13-22)25-21(24-18)28-16(3)6-15(2)26-28/h4-6,8-9H,7,10-13H2,1-3H3. The van der Waals surface area contributed by atoms with Gasteiger partial charge in [0.25, 0.3) is 5.95 Å². The zero-order valence-corrected chi connectivity index (χ0v) is 16.9. The topological polar surface area (TPSA) is 56.1 Å². The van der Waals surface area contributed by atoms with Crippen LogP contribution in [-0.4, -0.2) is 46.1 Å². The molecular formula is C22H24FN5O. The number of ether oxygens (including phenoxy) is 1. The summed E-state index contributed by atoms with van der Waals surface area (Å²) in [5, 5.41) is 4.55. The van der Waals surface area contributed by atoms with Crippen molar-refractivity contribution in [2.75, 3.05) is 31.2 Å². The van der Waals surface area contributed by atoms with Gasteiger partial charge in [0, 0.05) is 31.3 Å². The molecule has 7 heteroatoms. The number of nitrogens with zero attached hydrogens (tertiary/aromatic N) is 5. The van der Waals surface area contributed by atoms with E-state index in [-0.39, 0.29) is 5.82 Å². The summed E-state index contributed by atoms with van der Waals surface area (Å²) in [6.45, 7) is 9.27. The lowest BCUT2D eigenvalue weighted by atomic mass is 9.78. The van der Waals surface area contributed by atoms with Crippen molar-refractivity contribution >= 4 is 5.82 Å². The Morgan fingerprint density at radius 3 is 2.48 bits per heavy atom. The monoisotopic (exact) mass is 393 g/mol. The fourth-order valence-corrected chi connectivity index (χ4v) is 4.10. The van der Waals surface area contributed by atoms with E-state index >= 15 is 0 Å². The molecule has 2 aliphatic rings. The maximum atomic E-state index is 14.0. The van der Waals surface area contributed by atoms with Gasteiger partial charge in [-0.25, -0.2) is 14.1 Å². The predicted octanol–water partition coefficient (Wildman–Crippen LogP) is 3.15. The molecule has 3 aromatic rings. The van der Waals surface area contributed by atoms with Crippen LogP contribution in [0.4, 0.5) is 10.2 Å². The smallest absolute Gasteiger partial charge is 0.252 e. The molecule has 0 saturated carbocycles. The summed E-state index contributed by atoms with van der Waals surface area (Å²) in [5.41, 5.74) is 4.60. The maximum Gasteiger partial charge on any atom is 0.252 e. The number of aromatic nitrogens is 4. The van der Waals surface area contributed by atoms with E-state index in [1.165, 1.54) is 0 Å². The van der Waals surface area contributed by atoms with Gasteiger partial charge in [-0.05, 0) is 44.0 Å². The second-order valence-corrected chi connectivity index (χ2v) is 8.47. The van der Waals surface area contributed by atoms with Gasteiger partial charge < -0.3 is 9.64 Å². The van der Waals surface area contributed by atoms with E-state index in [0.29, 0.717) is 23.3 Å². The van der Waals surface area contributed by atoms with Gasteiger partial charge in [-0.3, -0.25) is 0 Å². The molecule has 2 saturated heterocycles. The van der Waals surface area contributed by atoms with E-state index in [2.05, 4.69) is 10.00 Å². The molecule has 0 aliphatic carbocycles. The minimum Gasteiger partial charge on any atom is -0.380 e. The molecule has 1 aromatic carbocycles. The van der Waals surface area contributed by atoms with Crippen molar-refractivity contribution in [3.05, 3.63) is 64.4 Å². The van der Waals surface area contributed by atoms with Crippen LogP contribution in [0.2, 0.25) is 0 Å². The first-order valence-corrected chi connectivity index (χ1v) is 9.90. The van der Waals surface area contributed by atoms with E-state index in [1.807, 2.05) is 38.1 Å². The maximum absolute atomic E-state index is 14.0. The van der Waals surface area contributed by atoms with Crippen LogP contribution in [0.3, 0.4) is 0 Å². The molecule has 0 atom stereocenters. The Labute approximate surface area is 169 Å². The molecule has 2 fully saturated rings. The molecule has 29 heavy (non-hydrogen) atoms. The van der Waals surface area contributed by atoms with Crippen LogP contribution in [0.25, 0.3) is 5.95 Å². The Hall–Kier alpha value is -2.80. The molecule has 5 rings (SSSR count). The number of rotatable bonds is 4. The SMILES string of the molecule is Cc1cc(C)n(-c2nc(Cc3ccc(C)c(F)c3)cc(N3CC4(COC4)C3)n2)n1. The molecule has 2 aliphatic heterocycles. The summed E-state index contributed by atoms with van der Waals surface area (Å²) in [6.07, 6.45) is 0.543. The number of aryl methyl sites for hydroxylation is 3. The summed E-state index contributed by atoms with van der Waals surface area (Å²) >= 11 is 0. The number of halogens is 1. The Balaban J connectivity index is 1.50. The number of hydrogen-bond donors (Lipinski definition) is 0. The fraction of sp³-hybridized carbons (Fsp3) is 0.409.